The lowest BCUT2D eigenvalue weighted by molar-refractivity contribution is 0.385. The molecule has 0 spiro atoms. The Kier molecular flexibility index (Phi) is 4.57. The minimum absolute atomic E-state index is 0.0667. The quantitative estimate of drug-likeness (QED) is 0.930. The Labute approximate surface area is 121 Å². The second kappa shape index (κ2) is 6.20. The molecule has 0 fully saturated rings. The topological polar surface area (TPSA) is 35.2 Å². The summed E-state index contributed by atoms with van der Waals surface area (Å²) < 4.78 is 31.6. The third-order valence-corrected chi connectivity index (χ3v) is 3.50. The average molecular weight is 298 g/mol. The van der Waals surface area contributed by atoms with E-state index in [0.29, 0.717) is 17.5 Å². The summed E-state index contributed by atoms with van der Waals surface area (Å²) in [4.78, 5) is 0. The highest BCUT2D eigenvalue weighted by Crippen LogP contribution is 2.27. The summed E-state index contributed by atoms with van der Waals surface area (Å²) >= 11 is 5.89. The highest BCUT2D eigenvalue weighted by Gasteiger charge is 2.14. The molecule has 2 aromatic carbocycles. The first kappa shape index (κ1) is 14.8. The normalized spacial score (nSPS) is 12.2. The van der Waals surface area contributed by atoms with E-state index in [0.717, 1.165) is 0 Å². The summed E-state index contributed by atoms with van der Waals surface area (Å²) in [6, 6.07) is 8.56. The molecule has 2 rings (SSSR count). The summed E-state index contributed by atoms with van der Waals surface area (Å²) in [5.74, 6) is -0.802. The number of hydrogen-bond donors (Lipinski definition) is 1. The van der Waals surface area contributed by atoms with E-state index in [-0.39, 0.29) is 10.8 Å². The number of rotatable bonds is 4. The zero-order valence-electron chi connectivity index (χ0n) is 10.9. The number of hydrogen-bond acceptors (Lipinski definition) is 2. The van der Waals surface area contributed by atoms with Gasteiger partial charge in [0.05, 0.1) is 12.1 Å². The van der Waals surface area contributed by atoms with Crippen molar-refractivity contribution in [1.29, 1.82) is 0 Å². The van der Waals surface area contributed by atoms with E-state index in [1.807, 2.05) is 0 Å². The van der Waals surface area contributed by atoms with Crippen molar-refractivity contribution in [2.24, 2.45) is 5.73 Å². The van der Waals surface area contributed by atoms with Crippen molar-refractivity contribution in [1.82, 2.24) is 0 Å². The molecule has 20 heavy (non-hydrogen) atoms. The molecule has 1 unspecified atom stereocenters. The summed E-state index contributed by atoms with van der Waals surface area (Å²) in [7, 11) is 1.39. The Hall–Kier alpha value is -1.65. The van der Waals surface area contributed by atoms with Crippen LogP contribution in [0.25, 0.3) is 0 Å². The first-order valence-corrected chi connectivity index (χ1v) is 6.42. The van der Waals surface area contributed by atoms with Crippen molar-refractivity contribution in [2.75, 3.05) is 7.11 Å². The van der Waals surface area contributed by atoms with E-state index < -0.39 is 17.7 Å². The molecule has 0 heterocycles. The van der Waals surface area contributed by atoms with Gasteiger partial charge in [-0.1, -0.05) is 29.8 Å². The van der Waals surface area contributed by atoms with Gasteiger partial charge in [0, 0.05) is 6.04 Å². The first-order valence-electron chi connectivity index (χ1n) is 6.05. The van der Waals surface area contributed by atoms with Gasteiger partial charge in [-0.3, -0.25) is 0 Å². The standard InChI is InChI=1S/C15H14ClF2NO/c1-20-14-8-9(5-6-11(14)17)13(19)7-10-3-2-4-12(18)15(10)16/h2-6,8,13H,7,19H2,1H3. The maximum atomic E-state index is 13.4. The third kappa shape index (κ3) is 3.08. The average Bonchev–Trinajstić information content (AvgIpc) is 2.44. The van der Waals surface area contributed by atoms with Gasteiger partial charge in [-0.25, -0.2) is 8.78 Å². The van der Waals surface area contributed by atoms with Crippen molar-refractivity contribution in [2.45, 2.75) is 12.5 Å². The summed E-state index contributed by atoms with van der Waals surface area (Å²) in [5, 5.41) is 0.0667. The predicted octanol–water partition coefficient (Wildman–Crippen LogP) is 3.87. The molecule has 2 N–H and O–H groups in total. The van der Waals surface area contributed by atoms with E-state index in [9.17, 15) is 8.78 Å². The molecule has 5 heteroatoms. The molecule has 0 aliphatic rings. The Morgan fingerprint density at radius 3 is 2.65 bits per heavy atom. The number of methoxy groups -OCH3 is 1. The molecule has 0 bridgehead atoms. The largest absolute Gasteiger partial charge is 0.494 e. The number of ether oxygens (including phenoxy) is 1. The number of halogens is 3. The van der Waals surface area contributed by atoms with Gasteiger partial charge in [-0.2, -0.15) is 0 Å². The predicted molar refractivity (Wildman–Crippen MR) is 75.0 cm³/mol. The second-order valence-corrected chi connectivity index (χ2v) is 4.80. The molecule has 0 aliphatic carbocycles. The Morgan fingerprint density at radius 1 is 1.20 bits per heavy atom. The molecule has 0 radical (unpaired) electrons. The van der Waals surface area contributed by atoms with Crippen molar-refractivity contribution in [3.8, 4) is 5.75 Å². The van der Waals surface area contributed by atoms with Gasteiger partial charge in [0.25, 0.3) is 0 Å². The first-order chi connectivity index (χ1) is 9.52. The van der Waals surface area contributed by atoms with Crippen LogP contribution in [0.5, 0.6) is 5.75 Å². The van der Waals surface area contributed by atoms with Crippen LogP contribution in [0.15, 0.2) is 36.4 Å². The van der Waals surface area contributed by atoms with Crippen LogP contribution in [0.2, 0.25) is 5.02 Å². The van der Waals surface area contributed by atoms with Crippen LogP contribution in [-0.2, 0) is 6.42 Å². The number of nitrogens with two attached hydrogens (primary N) is 1. The Balaban J connectivity index is 2.24. The van der Waals surface area contributed by atoms with Crippen molar-refractivity contribution >= 4 is 11.6 Å². The lowest BCUT2D eigenvalue weighted by atomic mass is 9.99. The zero-order valence-corrected chi connectivity index (χ0v) is 11.6. The van der Waals surface area contributed by atoms with Crippen LogP contribution in [-0.4, -0.2) is 7.11 Å². The van der Waals surface area contributed by atoms with Crippen LogP contribution in [0, 0.1) is 11.6 Å². The summed E-state index contributed by atoms with van der Waals surface area (Å²) in [6.07, 6.45) is 0.353. The van der Waals surface area contributed by atoms with E-state index in [1.54, 1.807) is 18.2 Å². The minimum Gasteiger partial charge on any atom is -0.494 e. The second-order valence-electron chi connectivity index (χ2n) is 4.42. The maximum Gasteiger partial charge on any atom is 0.165 e. The fourth-order valence-corrected chi connectivity index (χ4v) is 2.17. The van der Waals surface area contributed by atoms with Gasteiger partial charge in [0.15, 0.2) is 11.6 Å². The lowest BCUT2D eigenvalue weighted by Gasteiger charge is -2.14. The minimum atomic E-state index is -0.479. The van der Waals surface area contributed by atoms with Gasteiger partial charge >= 0.3 is 0 Å². The Bertz CT molecular complexity index is 619. The summed E-state index contributed by atoms with van der Waals surface area (Å²) in [5.41, 5.74) is 7.37. The fourth-order valence-electron chi connectivity index (χ4n) is 1.97. The van der Waals surface area contributed by atoms with Crippen LogP contribution in [0.3, 0.4) is 0 Å². The zero-order chi connectivity index (χ0) is 14.7. The monoisotopic (exact) mass is 297 g/mol. The Morgan fingerprint density at radius 2 is 1.95 bits per heavy atom. The van der Waals surface area contributed by atoms with Crippen molar-refractivity contribution < 1.29 is 13.5 Å². The third-order valence-electron chi connectivity index (χ3n) is 3.07. The van der Waals surface area contributed by atoms with Gasteiger partial charge < -0.3 is 10.5 Å². The molecule has 1 atom stereocenters. The molecule has 0 saturated heterocycles. The van der Waals surface area contributed by atoms with E-state index in [1.165, 1.54) is 25.3 Å². The van der Waals surface area contributed by atoms with Crippen LogP contribution < -0.4 is 10.5 Å². The highest BCUT2D eigenvalue weighted by atomic mass is 35.5. The van der Waals surface area contributed by atoms with Gasteiger partial charge in [0.2, 0.25) is 0 Å². The number of benzene rings is 2. The SMILES string of the molecule is COc1cc(C(N)Cc2cccc(F)c2Cl)ccc1F. The van der Waals surface area contributed by atoms with Gasteiger partial charge in [-0.05, 0) is 35.7 Å². The molecule has 0 amide bonds. The molecule has 0 aromatic heterocycles. The molecule has 2 aromatic rings. The molecule has 0 aliphatic heterocycles. The molecule has 0 saturated carbocycles. The van der Waals surface area contributed by atoms with Crippen LogP contribution in [0.4, 0.5) is 8.78 Å². The van der Waals surface area contributed by atoms with Crippen molar-refractivity contribution in [3.05, 3.63) is 64.2 Å². The van der Waals surface area contributed by atoms with E-state index in [2.05, 4.69) is 0 Å². The summed E-state index contributed by atoms with van der Waals surface area (Å²) in [6.45, 7) is 0. The molecular formula is C15H14ClF2NO. The molecule has 106 valence electrons. The van der Waals surface area contributed by atoms with Gasteiger partial charge in [-0.15, -0.1) is 0 Å². The highest BCUT2D eigenvalue weighted by molar-refractivity contribution is 6.31. The fraction of sp³-hybridized carbons (Fsp3) is 0.200. The smallest absolute Gasteiger partial charge is 0.165 e. The molecular weight excluding hydrogens is 284 g/mol. The maximum absolute atomic E-state index is 13.4. The van der Waals surface area contributed by atoms with Crippen molar-refractivity contribution in [3.63, 3.8) is 0 Å². The van der Waals surface area contributed by atoms with E-state index in [4.69, 9.17) is 22.1 Å². The molecule has 2 nitrogen and oxygen atoms in total. The van der Waals surface area contributed by atoms with E-state index >= 15 is 0 Å². The lowest BCUT2D eigenvalue weighted by Crippen LogP contribution is -2.14. The van der Waals surface area contributed by atoms with Crippen LogP contribution >= 0.6 is 11.6 Å². The van der Waals surface area contributed by atoms with Crippen LogP contribution in [0.1, 0.15) is 17.2 Å². The van der Waals surface area contributed by atoms with Gasteiger partial charge in [0.1, 0.15) is 5.82 Å².